The predicted octanol–water partition coefficient (Wildman–Crippen LogP) is 7.84. The molecule has 0 N–H and O–H groups in total. The Morgan fingerprint density at radius 1 is 0.593 bits per heavy atom. The molecule has 0 aliphatic rings. The van der Waals surface area contributed by atoms with Crippen LogP contribution in [0.3, 0.4) is 0 Å². The predicted molar refractivity (Wildman–Crippen MR) is 137 cm³/mol. The fraction of sp³-hybridized carbons (Fsp3) is 1.00. The molecule has 172 valence electrons. The molecule has 0 rings (SSSR count). The van der Waals surface area contributed by atoms with Gasteiger partial charge < -0.3 is 17.1 Å². The average molecular weight is 461 g/mol. The van der Waals surface area contributed by atoms with Crippen LogP contribution in [-0.4, -0.2) is 47.0 Å². The smallest absolute Gasteiger partial charge is 0.315 e. The molecule has 0 bridgehead atoms. The highest BCUT2D eigenvalue weighted by atomic mass is 28.5. The lowest BCUT2D eigenvalue weighted by Crippen LogP contribution is -2.56. The Labute approximate surface area is 178 Å². The number of rotatable bonds is 12. The van der Waals surface area contributed by atoms with Crippen molar-refractivity contribution in [3.63, 3.8) is 0 Å². The Morgan fingerprint density at radius 2 is 1.04 bits per heavy atom. The van der Waals surface area contributed by atoms with Gasteiger partial charge in [0.1, 0.15) is 0 Å². The van der Waals surface area contributed by atoms with Crippen molar-refractivity contribution >= 4 is 33.8 Å². The second-order valence-corrected chi connectivity index (χ2v) is 25.2. The molecule has 0 aliphatic heterocycles. The summed E-state index contributed by atoms with van der Waals surface area (Å²) in [6.45, 7) is 23.7. The monoisotopic (exact) mass is 460 g/mol. The molecule has 0 saturated heterocycles. The molecule has 4 nitrogen and oxygen atoms in total. The summed E-state index contributed by atoms with van der Waals surface area (Å²) < 4.78 is 25.2. The van der Waals surface area contributed by atoms with E-state index in [9.17, 15) is 0 Å². The van der Waals surface area contributed by atoms with Crippen LogP contribution in [0.4, 0.5) is 0 Å². The summed E-state index contributed by atoms with van der Waals surface area (Å²) >= 11 is 0. The average Bonchev–Trinajstić information content (AvgIpc) is 2.20. The van der Waals surface area contributed by atoms with Gasteiger partial charge in [0.25, 0.3) is 0 Å². The maximum atomic E-state index is 6.63. The summed E-state index contributed by atoms with van der Waals surface area (Å²) in [6.07, 6.45) is 2.07. The topological polar surface area (TPSA) is 36.9 Å². The van der Waals surface area contributed by atoms with E-state index < -0.39 is 33.8 Å². The Balaban J connectivity index is -0.000000403. The van der Waals surface area contributed by atoms with Crippen molar-refractivity contribution in [1.29, 1.82) is 0 Å². The molecule has 0 heterocycles. The molecule has 0 aromatic carbocycles. The molecular weight excluding hydrogens is 405 g/mol. The summed E-state index contributed by atoms with van der Waals surface area (Å²) in [5.74, 6) is 0. The van der Waals surface area contributed by atoms with Crippen LogP contribution in [0, 0.1) is 0 Å². The zero-order valence-corrected chi connectivity index (χ0v) is 21.2. The van der Waals surface area contributed by atoms with Crippen molar-refractivity contribution in [2.24, 2.45) is 0 Å². The van der Waals surface area contributed by atoms with Gasteiger partial charge in [0, 0.05) is 13.2 Å². The Kier molecular flexibility index (Phi) is 22.1. The van der Waals surface area contributed by atoms with Gasteiger partial charge in [-0.15, -0.1) is 0 Å². The van der Waals surface area contributed by atoms with Gasteiger partial charge in [-0.2, -0.15) is 0 Å². The quantitative estimate of drug-likeness (QED) is 0.219. The molecule has 0 saturated carbocycles. The fourth-order valence-electron chi connectivity index (χ4n) is 2.79. The number of hydrogen-bond donors (Lipinski definition) is 0. The van der Waals surface area contributed by atoms with Crippen molar-refractivity contribution in [1.82, 2.24) is 0 Å². The van der Waals surface area contributed by atoms with Gasteiger partial charge in [0.05, 0.1) is 0 Å². The lowest BCUT2D eigenvalue weighted by atomic mass is 10.5. The minimum atomic E-state index is -2.24. The van der Waals surface area contributed by atoms with E-state index in [1.807, 2.05) is 0 Å². The molecule has 0 radical (unpaired) electrons. The standard InChI is InChI=1S/C15H40O4Si4.4CH4/c1-11-13-16-14-12-15-23(10,18-21(5,6)7)19-22(8,9)17-20(2,3)4;;;;/h11-15H2,1-10H3;4*1H4/t23-;;;;/m1..../s1. The molecule has 0 aliphatic carbocycles. The van der Waals surface area contributed by atoms with Crippen LogP contribution in [0.1, 0.15) is 49.5 Å². The van der Waals surface area contributed by atoms with Crippen LogP contribution < -0.4 is 0 Å². The van der Waals surface area contributed by atoms with Gasteiger partial charge in [-0.05, 0) is 77.8 Å². The van der Waals surface area contributed by atoms with Gasteiger partial charge in [0.15, 0.2) is 16.6 Å². The molecule has 0 amide bonds. The first kappa shape index (κ1) is 38.3. The number of hydrogen-bond acceptors (Lipinski definition) is 4. The highest BCUT2D eigenvalue weighted by Crippen LogP contribution is 2.27. The molecular formula is C19H56O4Si4. The molecule has 0 aromatic rings. The van der Waals surface area contributed by atoms with Crippen molar-refractivity contribution in [3.8, 4) is 0 Å². The third kappa shape index (κ3) is 22.9. The van der Waals surface area contributed by atoms with Crippen LogP contribution in [0.2, 0.25) is 65.0 Å². The van der Waals surface area contributed by atoms with Gasteiger partial charge in [-0.25, -0.2) is 0 Å². The number of ether oxygens (including phenoxy) is 1. The zero-order valence-electron chi connectivity index (χ0n) is 17.2. The SMILES string of the molecule is C.C.C.C.CCCOCCC[Si@](C)(O[Si](C)(C)C)O[Si](C)(C)O[Si](C)(C)C. The Hall–Kier alpha value is 0.708. The Morgan fingerprint density at radius 3 is 1.41 bits per heavy atom. The van der Waals surface area contributed by atoms with E-state index in [2.05, 4.69) is 65.8 Å². The van der Waals surface area contributed by atoms with E-state index >= 15 is 0 Å². The summed E-state index contributed by atoms with van der Waals surface area (Å²) in [5.41, 5.74) is 0. The molecule has 0 aromatic heterocycles. The van der Waals surface area contributed by atoms with Crippen LogP contribution in [0.25, 0.3) is 0 Å². The largest absolute Gasteiger partial charge is 0.437 e. The lowest BCUT2D eigenvalue weighted by Gasteiger charge is -2.41. The van der Waals surface area contributed by atoms with Crippen LogP contribution in [0.15, 0.2) is 0 Å². The van der Waals surface area contributed by atoms with E-state index in [1.165, 1.54) is 0 Å². The van der Waals surface area contributed by atoms with Gasteiger partial charge in [-0.1, -0.05) is 36.6 Å². The third-order valence-corrected chi connectivity index (χ3v) is 16.4. The highest BCUT2D eigenvalue weighted by Gasteiger charge is 2.44. The maximum Gasteiger partial charge on any atom is 0.315 e. The minimum absolute atomic E-state index is 0. The van der Waals surface area contributed by atoms with E-state index in [0.717, 1.165) is 32.1 Å². The van der Waals surface area contributed by atoms with Gasteiger partial charge in [-0.3, -0.25) is 0 Å². The summed E-state index contributed by atoms with van der Waals surface area (Å²) in [7, 11) is -7.67. The summed E-state index contributed by atoms with van der Waals surface area (Å²) in [5, 5.41) is 0. The minimum Gasteiger partial charge on any atom is -0.437 e. The van der Waals surface area contributed by atoms with E-state index in [4.69, 9.17) is 17.1 Å². The highest BCUT2D eigenvalue weighted by molar-refractivity contribution is 6.89. The lowest BCUT2D eigenvalue weighted by molar-refractivity contribution is 0.133. The van der Waals surface area contributed by atoms with Crippen LogP contribution in [-0.2, 0) is 17.1 Å². The first-order valence-corrected chi connectivity index (χ1v) is 21.0. The van der Waals surface area contributed by atoms with Crippen molar-refractivity contribution in [3.05, 3.63) is 0 Å². The van der Waals surface area contributed by atoms with E-state index in [0.29, 0.717) is 0 Å². The third-order valence-electron chi connectivity index (χ3n) is 2.80. The first-order chi connectivity index (χ1) is 10.2. The van der Waals surface area contributed by atoms with Crippen LogP contribution >= 0.6 is 0 Å². The molecule has 27 heavy (non-hydrogen) atoms. The molecule has 0 spiro atoms. The fourth-order valence-corrected chi connectivity index (χ4v) is 20.7. The summed E-state index contributed by atoms with van der Waals surface area (Å²) in [4.78, 5) is 0. The van der Waals surface area contributed by atoms with E-state index in [-0.39, 0.29) is 29.7 Å². The summed E-state index contributed by atoms with van der Waals surface area (Å²) in [6, 6.07) is 0.979. The van der Waals surface area contributed by atoms with E-state index in [1.54, 1.807) is 0 Å². The van der Waals surface area contributed by atoms with Crippen LogP contribution in [0.5, 0.6) is 0 Å². The Bertz CT molecular complexity index is 342. The molecule has 8 heteroatoms. The normalized spacial score (nSPS) is 14.0. The molecule has 0 fully saturated rings. The van der Waals surface area contributed by atoms with Crippen molar-refractivity contribution in [2.45, 2.75) is 114 Å². The zero-order chi connectivity index (χ0) is 18.4. The van der Waals surface area contributed by atoms with Crippen molar-refractivity contribution in [2.75, 3.05) is 13.2 Å². The second kappa shape index (κ2) is 15.5. The van der Waals surface area contributed by atoms with Gasteiger partial charge in [0.2, 0.25) is 0 Å². The van der Waals surface area contributed by atoms with Crippen molar-refractivity contribution < 1.29 is 17.1 Å². The second-order valence-electron chi connectivity index (χ2n) is 8.78. The van der Waals surface area contributed by atoms with Gasteiger partial charge >= 0.3 is 17.1 Å². The molecule has 1 atom stereocenters. The maximum absolute atomic E-state index is 6.63. The molecule has 0 unspecified atom stereocenters. The first-order valence-electron chi connectivity index (χ1n) is 8.86.